The number of rotatable bonds is 4. The van der Waals surface area contributed by atoms with Crippen LogP contribution in [-0.4, -0.2) is 18.4 Å². The Kier molecular flexibility index (Phi) is 5.74. The molecule has 1 aliphatic heterocycles. The van der Waals surface area contributed by atoms with Gasteiger partial charge in [-0.25, -0.2) is 0 Å². The van der Waals surface area contributed by atoms with E-state index in [0.29, 0.717) is 12.1 Å². The van der Waals surface area contributed by atoms with E-state index in [0.717, 1.165) is 31.2 Å². The second-order valence-electron chi connectivity index (χ2n) is 6.65. The fraction of sp³-hybridized carbons (Fsp3) is 0.130. The molecule has 2 amide bonds. The van der Waals surface area contributed by atoms with Gasteiger partial charge in [0.15, 0.2) is 0 Å². The third kappa shape index (κ3) is 4.09. The highest BCUT2D eigenvalue weighted by Crippen LogP contribution is 2.42. The number of benzene rings is 3. The van der Waals surface area contributed by atoms with Crippen molar-refractivity contribution in [3.8, 4) is 0 Å². The lowest BCUT2D eigenvalue weighted by Crippen LogP contribution is -2.30. The van der Waals surface area contributed by atoms with Crippen molar-refractivity contribution in [3.05, 3.63) is 82.3 Å². The zero-order chi connectivity index (χ0) is 20.4. The van der Waals surface area contributed by atoms with Gasteiger partial charge in [0, 0.05) is 26.5 Å². The highest BCUT2D eigenvalue weighted by molar-refractivity contribution is 9.10. The second kappa shape index (κ2) is 8.43. The van der Waals surface area contributed by atoms with Crippen molar-refractivity contribution in [1.82, 2.24) is 0 Å². The average molecular weight is 467 g/mol. The van der Waals surface area contributed by atoms with Crippen molar-refractivity contribution in [2.75, 3.05) is 16.8 Å². The van der Waals surface area contributed by atoms with Crippen molar-refractivity contribution < 1.29 is 9.59 Å². The molecule has 1 aliphatic rings. The van der Waals surface area contributed by atoms with Crippen molar-refractivity contribution in [1.29, 1.82) is 0 Å². The zero-order valence-electron chi connectivity index (χ0n) is 15.8. The zero-order valence-corrected chi connectivity index (χ0v) is 18.2. The molecule has 0 saturated carbocycles. The van der Waals surface area contributed by atoms with Gasteiger partial charge < -0.3 is 10.2 Å². The predicted octanol–water partition coefficient (Wildman–Crippen LogP) is 5.76. The molecule has 1 heterocycles. The molecule has 0 unspecified atom stereocenters. The van der Waals surface area contributed by atoms with E-state index in [2.05, 4.69) is 21.2 Å². The minimum atomic E-state index is -0.0840. The maximum Gasteiger partial charge on any atom is 0.259 e. The van der Waals surface area contributed by atoms with Gasteiger partial charge in [-0.15, -0.1) is 0 Å². The number of hydrogen-bond acceptors (Lipinski definition) is 3. The quantitative estimate of drug-likeness (QED) is 0.531. The highest BCUT2D eigenvalue weighted by atomic mass is 79.9. The third-order valence-corrected chi connectivity index (χ3v) is 6.64. The summed E-state index contributed by atoms with van der Waals surface area (Å²) in [5, 5.41) is 2.98. The van der Waals surface area contributed by atoms with Gasteiger partial charge in [-0.2, -0.15) is 0 Å². The van der Waals surface area contributed by atoms with Gasteiger partial charge in [0.05, 0.1) is 17.7 Å². The second-order valence-corrected chi connectivity index (χ2v) is 8.58. The van der Waals surface area contributed by atoms with Gasteiger partial charge in [-0.1, -0.05) is 58.0 Å². The van der Waals surface area contributed by atoms with E-state index < -0.39 is 0 Å². The molecule has 29 heavy (non-hydrogen) atoms. The number of nitrogens with zero attached hydrogens (tertiary/aromatic N) is 1. The molecule has 0 saturated heterocycles. The van der Waals surface area contributed by atoms with Crippen LogP contribution < -0.4 is 10.2 Å². The highest BCUT2D eigenvalue weighted by Gasteiger charge is 2.26. The molecule has 0 aliphatic carbocycles. The summed E-state index contributed by atoms with van der Waals surface area (Å²) in [5.41, 5.74) is 3.22. The van der Waals surface area contributed by atoms with Crippen LogP contribution in [0.25, 0.3) is 0 Å². The standard InChI is InChI=1S/C23H19BrN2O2S/c1-2-26-19-12-11-16(25-22(27)13-15-7-3-5-9-18(15)24)14-21(19)29-20-10-6-4-8-17(20)23(26)28/h3-12,14H,2,13H2,1H3,(H,25,27). The third-order valence-electron chi connectivity index (χ3n) is 4.74. The maximum atomic E-state index is 13.0. The normalized spacial score (nSPS) is 12.8. The van der Waals surface area contributed by atoms with Gasteiger partial charge in [0.25, 0.3) is 5.91 Å². The van der Waals surface area contributed by atoms with E-state index in [-0.39, 0.29) is 18.2 Å². The summed E-state index contributed by atoms with van der Waals surface area (Å²) in [6, 6.07) is 21.0. The van der Waals surface area contributed by atoms with Gasteiger partial charge in [-0.3, -0.25) is 9.59 Å². The molecule has 3 aromatic rings. The van der Waals surface area contributed by atoms with E-state index in [4.69, 9.17) is 0 Å². The van der Waals surface area contributed by atoms with E-state index in [1.54, 1.807) is 16.7 Å². The lowest BCUT2D eigenvalue weighted by atomic mass is 10.1. The van der Waals surface area contributed by atoms with Crippen molar-refractivity contribution >= 4 is 50.9 Å². The monoisotopic (exact) mass is 466 g/mol. The van der Waals surface area contributed by atoms with Crippen molar-refractivity contribution in [3.63, 3.8) is 0 Å². The van der Waals surface area contributed by atoms with Gasteiger partial charge in [0.2, 0.25) is 5.91 Å². The minimum absolute atomic E-state index is 0.0000587. The summed E-state index contributed by atoms with van der Waals surface area (Å²) in [4.78, 5) is 29.2. The Morgan fingerprint density at radius 3 is 2.59 bits per heavy atom. The fourth-order valence-corrected chi connectivity index (χ4v) is 4.88. The minimum Gasteiger partial charge on any atom is -0.326 e. The van der Waals surface area contributed by atoms with Crippen LogP contribution in [0.4, 0.5) is 11.4 Å². The summed E-state index contributed by atoms with van der Waals surface area (Å²) in [6.45, 7) is 2.54. The van der Waals surface area contributed by atoms with Gasteiger partial charge in [-0.05, 0) is 48.9 Å². The molecule has 4 rings (SSSR count). The van der Waals surface area contributed by atoms with Crippen LogP contribution in [-0.2, 0) is 11.2 Å². The summed E-state index contributed by atoms with van der Waals surface area (Å²) in [5.74, 6) is -0.0839. The lowest BCUT2D eigenvalue weighted by Gasteiger charge is -2.21. The first-order valence-electron chi connectivity index (χ1n) is 9.33. The van der Waals surface area contributed by atoms with Gasteiger partial charge in [0.1, 0.15) is 0 Å². The van der Waals surface area contributed by atoms with Crippen molar-refractivity contribution in [2.45, 2.75) is 23.1 Å². The molecule has 146 valence electrons. The van der Waals surface area contributed by atoms with E-state index >= 15 is 0 Å². The topological polar surface area (TPSA) is 49.4 Å². The molecule has 4 nitrogen and oxygen atoms in total. The summed E-state index contributed by atoms with van der Waals surface area (Å²) >= 11 is 5.04. The van der Waals surface area contributed by atoms with Crippen LogP contribution in [0, 0.1) is 0 Å². The molecule has 0 spiro atoms. The van der Waals surface area contributed by atoms with Crippen LogP contribution >= 0.6 is 27.7 Å². The average Bonchev–Trinajstić information content (AvgIpc) is 2.83. The molecular formula is C23H19BrN2O2S. The molecule has 0 fully saturated rings. The Hall–Kier alpha value is -2.57. The molecule has 0 bridgehead atoms. The largest absolute Gasteiger partial charge is 0.326 e. The maximum absolute atomic E-state index is 13.0. The Morgan fingerprint density at radius 1 is 1.03 bits per heavy atom. The summed E-state index contributed by atoms with van der Waals surface area (Å²) in [7, 11) is 0. The SMILES string of the molecule is CCN1C(=O)c2ccccc2Sc2cc(NC(=O)Cc3ccccc3Br)ccc21. The molecular weight excluding hydrogens is 448 g/mol. The Morgan fingerprint density at radius 2 is 1.79 bits per heavy atom. The fourth-order valence-electron chi connectivity index (χ4n) is 3.34. The number of nitrogens with one attached hydrogen (secondary N) is 1. The van der Waals surface area contributed by atoms with Crippen LogP contribution in [0.2, 0.25) is 0 Å². The summed E-state index contributed by atoms with van der Waals surface area (Å²) in [6.07, 6.45) is 0.286. The molecule has 1 N–H and O–H groups in total. The molecule has 0 atom stereocenters. The molecule has 3 aromatic carbocycles. The number of amides is 2. The number of hydrogen-bond donors (Lipinski definition) is 1. The number of halogens is 1. The smallest absolute Gasteiger partial charge is 0.259 e. The van der Waals surface area contributed by atoms with Crippen LogP contribution in [0.5, 0.6) is 0 Å². The van der Waals surface area contributed by atoms with Gasteiger partial charge >= 0.3 is 0 Å². The van der Waals surface area contributed by atoms with Crippen molar-refractivity contribution in [2.24, 2.45) is 0 Å². The summed E-state index contributed by atoms with van der Waals surface area (Å²) < 4.78 is 0.918. The first kappa shape index (κ1) is 19.7. The van der Waals surface area contributed by atoms with E-state index in [9.17, 15) is 9.59 Å². The Balaban J connectivity index is 1.62. The first-order chi connectivity index (χ1) is 14.1. The lowest BCUT2D eigenvalue weighted by molar-refractivity contribution is -0.115. The number of fused-ring (bicyclic) bond motifs is 2. The van der Waals surface area contributed by atoms with Crippen LogP contribution in [0.3, 0.4) is 0 Å². The molecule has 6 heteroatoms. The van der Waals surface area contributed by atoms with Crippen LogP contribution in [0.15, 0.2) is 81.0 Å². The predicted molar refractivity (Wildman–Crippen MR) is 121 cm³/mol. The Bertz CT molecular complexity index is 1100. The number of carbonyl (C=O) groups is 2. The van der Waals surface area contributed by atoms with E-state index in [1.807, 2.05) is 73.7 Å². The molecule has 0 radical (unpaired) electrons. The molecule has 0 aromatic heterocycles. The number of carbonyl (C=O) groups excluding carboxylic acids is 2. The first-order valence-corrected chi connectivity index (χ1v) is 10.9. The Labute approximate surface area is 182 Å². The van der Waals surface area contributed by atoms with Crippen LogP contribution in [0.1, 0.15) is 22.8 Å². The van der Waals surface area contributed by atoms with E-state index in [1.165, 1.54) is 0 Å². The number of anilines is 2.